The lowest BCUT2D eigenvalue weighted by atomic mass is 10.1. The highest BCUT2D eigenvalue weighted by atomic mass is 16.5. The second-order valence-electron chi connectivity index (χ2n) is 5.00. The van der Waals surface area contributed by atoms with Crippen LogP contribution in [0.5, 0.6) is 5.75 Å². The zero-order valence-corrected chi connectivity index (χ0v) is 11.2. The molecule has 0 amide bonds. The molecule has 0 radical (unpaired) electrons. The van der Waals surface area contributed by atoms with Crippen molar-refractivity contribution in [2.45, 2.75) is 45.3 Å². The van der Waals surface area contributed by atoms with Gasteiger partial charge >= 0.3 is 0 Å². The van der Waals surface area contributed by atoms with Gasteiger partial charge in [-0.05, 0) is 56.4 Å². The Morgan fingerprint density at radius 2 is 2.28 bits per heavy atom. The van der Waals surface area contributed by atoms with Crippen molar-refractivity contribution < 1.29 is 14.6 Å². The molecule has 1 saturated heterocycles. The van der Waals surface area contributed by atoms with Gasteiger partial charge < -0.3 is 14.6 Å². The zero-order valence-electron chi connectivity index (χ0n) is 11.2. The third-order valence-electron chi connectivity index (χ3n) is 3.38. The summed E-state index contributed by atoms with van der Waals surface area (Å²) in [5.74, 6) is 0.883. The average molecular weight is 250 g/mol. The maximum Gasteiger partial charge on any atom is 0.122 e. The summed E-state index contributed by atoms with van der Waals surface area (Å²) < 4.78 is 11.4. The van der Waals surface area contributed by atoms with E-state index in [4.69, 9.17) is 9.47 Å². The summed E-state index contributed by atoms with van der Waals surface area (Å²) >= 11 is 0. The standard InChI is InChI=1S/C15H22O3/c1-11-9-13(12(2)16)6-7-15(11)18-10-14-5-3-4-8-17-14/h6-7,9,12,14,16H,3-5,8,10H2,1-2H3. The zero-order chi connectivity index (χ0) is 13.0. The van der Waals surface area contributed by atoms with Crippen molar-refractivity contribution in [1.29, 1.82) is 0 Å². The van der Waals surface area contributed by atoms with Crippen LogP contribution in [-0.2, 0) is 4.74 Å². The highest BCUT2D eigenvalue weighted by Crippen LogP contribution is 2.23. The molecule has 0 aromatic heterocycles. The predicted molar refractivity (Wildman–Crippen MR) is 70.9 cm³/mol. The van der Waals surface area contributed by atoms with Crippen LogP contribution in [0.1, 0.15) is 43.4 Å². The average Bonchev–Trinajstić information content (AvgIpc) is 2.38. The molecule has 3 heteroatoms. The van der Waals surface area contributed by atoms with Gasteiger partial charge in [-0.1, -0.05) is 6.07 Å². The van der Waals surface area contributed by atoms with Crippen LogP contribution in [0.4, 0.5) is 0 Å². The van der Waals surface area contributed by atoms with Crippen LogP contribution in [0, 0.1) is 6.92 Å². The number of aryl methyl sites for hydroxylation is 1. The summed E-state index contributed by atoms with van der Waals surface area (Å²) in [6, 6.07) is 5.82. The normalized spacial score (nSPS) is 21.6. The summed E-state index contributed by atoms with van der Waals surface area (Å²) in [6.45, 7) is 5.25. The number of rotatable bonds is 4. The van der Waals surface area contributed by atoms with Gasteiger partial charge in [0, 0.05) is 6.61 Å². The van der Waals surface area contributed by atoms with Gasteiger partial charge in [0.2, 0.25) is 0 Å². The van der Waals surface area contributed by atoms with E-state index < -0.39 is 6.10 Å². The number of aliphatic hydroxyl groups excluding tert-OH is 1. The number of hydrogen-bond acceptors (Lipinski definition) is 3. The smallest absolute Gasteiger partial charge is 0.122 e. The van der Waals surface area contributed by atoms with Gasteiger partial charge in [0.1, 0.15) is 12.4 Å². The number of benzene rings is 1. The minimum atomic E-state index is -0.431. The van der Waals surface area contributed by atoms with Gasteiger partial charge in [-0.3, -0.25) is 0 Å². The Morgan fingerprint density at radius 1 is 1.44 bits per heavy atom. The molecule has 0 bridgehead atoms. The van der Waals surface area contributed by atoms with Crippen LogP contribution in [0.3, 0.4) is 0 Å². The van der Waals surface area contributed by atoms with Crippen molar-refractivity contribution in [3.05, 3.63) is 29.3 Å². The van der Waals surface area contributed by atoms with Gasteiger partial charge in [-0.15, -0.1) is 0 Å². The molecular weight excluding hydrogens is 228 g/mol. The van der Waals surface area contributed by atoms with E-state index in [0.717, 1.165) is 29.9 Å². The molecule has 0 aliphatic carbocycles. The predicted octanol–water partition coefficient (Wildman–Crippen LogP) is 3.00. The summed E-state index contributed by atoms with van der Waals surface area (Å²) in [5.41, 5.74) is 1.98. The third kappa shape index (κ3) is 3.47. The fraction of sp³-hybridized carbons (Fsp3) is 0.600. The molecule has 2 unspecified atom stereocenters. The van der Waals surface area contributed by atoms with E-state index in [2.05, 4.69) is 0 Å². The maximum atomic E-state index is 9.51. The SMILES string of the molecule is Cc1cc(C(C)O)ccc1OCC1CCCCO1. The lowest BCUT2D eigenvalue weighted by molar-refractivity contribution is -0.0112. The summed E-state index contributed by atoms with van der Waals surface area (Å²) in [7, 11) is 0. The fourth-order valence-electron chi connectivity index (χ4n) is 2.22. The lowest BCUT2D eigenvalue weighted by Crippen LogP contribution is -2.25. The molecule has 0 saturated carbocycles. The molecule has 1 N–H and O–H groups in total. The molecule has 18 heavy (non-hydrogen) atoms. The molecule has 3 nitrogen and oxygen atoms in total. The van der Waals surface area contributed by atoms with Crippen molar-refractivity contribution in [3.8, 4) is 5.75 Å². The van der Waals surface area contributed by atoms with Crippen molar-refractivity contribution >= 4 is 0 Å². The molecule has 1 aliphatic heterocycles. The highest BCUT2D eigenvalue weighted by molar-refractivity contribution is 5.36. The lowest BCUT2D eigenvalue weighted by Gasteiger charge is -2.23. The molecule has 1 heterocycles. The maximum absolute atomic E-state index is 9.51. The Morgan fingerprint density at radius 3 is 2.89 bits per heavy atom. The molecule has 1 aromatic carbocycles. The van der Waals surface area contributed by atoms with Crippen LogP contribution in [-0.4, -0.2) is 24.4 Å². The second kappa shape index (κ2) is 6.21. The minimum absolute atomic E-state index is 0.231. The Balaban J connectivity index is 1.92. The van der Waals surface area contributed by atoms with E-state index in [1.165, 1.54) is 12.8 Å². The first-order valence-corrected chi connectivity index (χ1v) is 6.70. The molecule has 0 spiro atoms. The van der Waals surface area contributed by atoms with Crippen molar-refractivity contribution in [2.75, 3.05) is 13.2 Å². The van der Waals surface area contributed by atoms with Crippen molar-refractivity contribution in [2.24, 2.45) is 0 Å². The first-order valence-electron chi connectivity index (χ1n) is 6.70. The molecule has 1 aliphatic rings. The Bertz CT molecular complexity index is 381. The Kier molecular flexibility index (Phi) is 4.61. The second-order valence-corrected chi connectivity index (χ2v) is 5.00. The molecule has 1 fully saturated rings. The number of hydrogen-bond donors (Lipinski definition) is 1. The van der Waals surface area contributed by atoms with Crippen LogP contribution in [0.15, 0.2) is 18.2 Å². The highest BCUT2D eigenvalue weighted by Gasteiger charge is 2.15. The minimum Gasteiger partial charge on any atom is -0.491 e. The molecule has 2 rings (SSSR count). The molecular formula is C15H22O3. The van der Waals surface area contributed by atoms with Crippen LogP contribution >= 0.6 is 0 Å². The van der Waals surface area contributed by atoms with Gasteiger partial charge in [-0.2, -0.15) is 0 Å². The van der Waals surface area contributed by atoms with E-state index in [1.54, 1.807) is 6.92 Å². The van der Waals surface area contributed by atoms with Crippen LogP contribution in [0.2, 0.25) is 0 Å². The fourth-order valence-corrected chi connectivity index (χ4v) is 2.22. The van der Waals surface area contributed by atoms with E-state index in [0.29, 0.717) is 6.61 Å². The Labute approximate surface area is 109 Å². The Hall–Kier alpha value is -1.06. The first kappa shape index (κ1) is 13.4. The molecule has 1 aromatic rings. The third-order valence-corrected chi connectivity index (χ3v) is 3.38. The van der Waals surface area contributed by atoms with Gasteiger partial charge in [0.05, 0.1) is 12.2 Å². The van der Waals surface area contributed by atoms with Crippen LogP contribution in [0.25, 0.3) is 0 Å². The quantitative estimate of drug-likeness (QED) is 0.892. The van der Waals surface area contributed by atoms with E-state index in [1.807, 2.05) is 25.1 Å². The monoisotopic (exact) mass is 250 g/mol. The van der Waals surface area contributed by atoms with Crippen molar-refractivity contribution in [3.63, 3.8) is 0 Å². The van der Waals surface area contributed by atoms with Crippen LogP contribution < -0.4 is 4.74 Å². The number of ether oxygens (including phenoxy) is 2. The number of aliphatic hydroxyl groups is 1. The summed E-state index contributed by atoms with van der Waals surface area (Å²) in [4.78, 5) is 0. The molecule has 2 atom stereocenters. The van der Waals surface area contributed by atoms with E-state index >= 15 is 0 Å². The van der Waals surface area contributed by atoms with Gasteiger partial charge in [-0.25, -0.2) is 0 Å². The summed E-state index contributed by atoms with van der Waals surface area (Å²) in [5, 5.41) is 9.51. The largest absolute Gasteiger partial charge is 0.491 e. The van der Waals surface area contributed by atoms with Crippen molar-refractivity contribution in [1.82, 2.24) is 0 Å². The van der Waals surface area contributed by atoms with Gasteiger partial charge in [0.25, 0.3) is 0 Å². The first-order chi connectivity index (χ1) is 8.66. The topological polar surface area (TPSA) is 38.7 Å². The van der Waals surface area contributed by atoms with E-state index in [-0.39, 0.29) is 6.10 Å². The summed E-state index contributed by atoms with van der Waals surface area (Å²) in [6.07, 6.45) is 3.28. The molecule has 100 valence electrons. The van der Waals surface area contributed by atoms with Gasteiger partial charge in [0.15, 0.2) is 0 Å². The van der Waals surface area contributed by atoms with E-state index in [9.17, 15) is 5.11 Å².